The lowest BCUT2D eigenvalue weighted by atomic mass is 10.1. The maximum Gasteiger partial charge on any atom is 0.446 e. The Balaban J connectivity index is 2.04. The first-order chi connectivity index (χ1) is 10.7. The number of hydrogen-bond donors (Lipinski definition) is 1. The van der Waals surface area contributed by atoms with Crippen LogP contribution in [0.15, 0.2) is 53.4 Å². The molecule has 0 saturated carbocycles. The van der Waals surface area contributed by atoms with Crippen LogP contribution in [0.1, 0.15) is 27.6 Å². The minimum atomic E-state index is -4.36. The molecule has 0 spiro atoms. The summed E-state index contributed by atoms with van der Waals surface area (Å²) >= 11 is -0.234. The average Bonchev–Trinajstić information content (AvgIpc) is 2.46. The third-order valence-electron chi connectivity index (χ3n) is 2.90. The molecule has 0 aromatic heterocycles. The highest BCUT2D eigenvalue weighted by Gasteiger charge is 2.29. The first kappa shape index (κ1) is 17.1. The lowest BCUT2D eigenvalue weighted by Crippen LogP contribution is -2.11. The Labute approximate surface area is 134 Å². The molecule has 0 atom stereocenters. The van der Waals surface area contributed by atoms with E-state index >= 15 is 0 Å². The molecule has 2 aromatic carbocycles. The molecule has 0 aliphatic rings. The smallest absolute Gasteiger partial charge is 0.322 e. The van der Waals surface area contributed by atoms with Gasteiger partial charge in [-0.3, -0.25) is 9.59 Å². The molecule has 1 amide bonds. The number of amides is 1. The molecule has 3 nitrogen and oxygen atoms in total. The van der Waals surface area contributed by atoms with E-state index in [1.807, 2.05) is 0 Å². The molecule has 0 saturated heterocycles. The zero-order valence-electron chi connectivity index (χ0n) is 12.0. The highest BCUT2D eigenvalue weighted by atomic mass is 32.2. The number of halogens is 3. The van der Waals surface area contributed by atoms with Crippen LogP contribution in [0.2, 0.25) is 0 Å². The van der Waals surface area contributed by atoms with Crippen LogP contribution >= 0.6 is 11.8 Å². The first-order valence-corrected chi connectivity index (χ1v) is 7.34. The van der Waals surface area contributed by atoms with Crippen molar-refractivity contribution >= 4 is 29.1 Å². The van der Waals surface area contributed by atoms with Gasteiger partial charge in [-0.2, -0.15) is 13.2 Å². The first-order valence-electron chi connectivity index (χ1n) is 6.53. The van der Waals surface area contributed by atoms with Gasteiger partial charge in [0, 0.05) is 21.7 Å². The third kappa shape index (κ3) is 5.14. The Kier molecular flexibility index (Phi) is 5.10. The second kappa shape index (κ2) is 6.87. The number of ketones is 1. The second-order valence-electron chi connectivity index (χ2n) is 4.66. The predicted molar refractivity (Wildman–Crippen MR) is 82.8 cm³/mol. The number of benzene rings is 2. The maximum atomic E-state index is 12.2. The van der Waals surface area contributed by atoms with Gasteiger partial charge < -0.3 is 5.32 Å². The van der Waals surface area contributed by atoms with Crippen LogP contribution in [0.3, 0.4) is 0 Å². The topological polar surface area (TPSA) is 46.2 Å². The van der Waals surface area contributed by atoms with Crippen LogP contribution in [0.5, 0.6) is 0 Å². The van der Waals surface area contributed by atoms with Gasteiger partial charge in [0.15, 0.2) is 5.78 Å². The monoisotopic (exact) mass is 339 g/mol. The van der Waals surface area contributed by atoms with E-state index in [2.05, 4.69) is 5.32 Å². The Hall–Kier alpha value is -2.28. The molecule has 0 aliphatic carbocycles. The summed E-state index contributed by atoms with van der Waals surface area (Å²) in [6.45, 7) is 1.44. The van der Waals surface area contributed by atoms with Crippen molar-refractivity contribution in [1.82, 2.24) is 0 Å². The molecule has 2 aromatic rings. The van der Waals surface area contributed by atoms with E-state index in [1.54, 1.807) is 24.3 Å². The number of carbonyl (C=O) groups excluding carboxylic acids is 2. The van der Waals surface area contributed by atoms with Crippen molar-refractivity contribution in [3.05, 3.63) is 59.7 Å². The van der Waals surface area contributed by atoms with Gasteiger partial charge >= 0.3 is 5.51 Å². The number of thioether (sulfide) groups is 1. The summed E-state index contributed by atoms with van der Waals surface area (Å²) in [6.07, 6.45) is 0. The summed E-state index contributed by atoms with van der Waals surface area (Å²) in [5.74, 6) is -0.523. The second-order valence-corrected chi connectivity index (χ2v) is 5.80. The van der Waals surface area contributed by atoms with E-state index in [0.29, 0.717) is 11.3 Å². The Morgan fingerprint density at radius 1 is 0.913 bits per heavy atom. The molecule has 0 bridgehead atoms. The van der Waals surface area contributed by atoms with Crippen LogP contribution in [0, 0.1) is 0 Å². The number of anilines is 1. The van der Waals surface area contributed by atoms with Crippen LogP contribution in [0.4, 0.5) is 18.9 Å². The lowest BCUT2D eigenvalue weighted by Gasteiger charge is -2.08. The van der Waals surface area contributed by atoms with Crippen LogP contribution in [-0.4, -0.2) is 17.2 Å². The molecule has 2 rings (SSSR count). The number of hydrogen-bond acceptors (Lipinski definition) is 3. The van der Waals surface area contributed by atoms with Crippen molar-refractivity contribution in [2.24, 2.45) is 0 Å². The van der Waals surface area contributed by atoms with E-state index in [9.17, 15) is 22.8 Å². The molecule has 0 fully saturated rings. The van der Waals surface area contributed by atoms with Crippen LogP contribution in [-0.2, 0) is 0 Å². The van der Waals surface area contributed by atoms with Crippen molar-refractivity contribution < 1.29 is 22.8 Å². The van der Waals surface area contributed by atoms with Gasteiger partial charge in [-0.05, 0) is 67.2 Å². The molecular weight excluding hydrogens is 327 g/mol. The summed E-state index contributed by atoms with van der Waals surface area (Å²) < 4.78 is 36.7. The highest BCUT2D eigenvalue weighted by Crippen LogP contribution is 2.36. The molecular formula is C16H12F3NO2S. The fourth-order valence-electron chi connectivity index (χ4n) is 1.80. The van der Waals surface area contributed by atoms with E-state index in [1.165, 1.54) is 31.2 Å². The summed E-state index contributed by atoms with van der Waals surface area (Å²) in [6, 6.07) is 11.5. The Morgan fingerprint density at radius 2 is 1.43 bits per heavy atom. The molecule has 7 heteroatoms. The minimum absolute atomic E-state index is 0.0138. The van der Waals surface area contributed by atoms with Gasteiger partial charge in [-0.15, -0.1) is 0 Å². The van der Waals surface area contributed by atoms with Gasteiger partial charge in [0.1, 0.15) is 0 Å². The number of nitrogens with one attached hydrogen (secondary N) is 1. The molecule has 1 N–H and O–H groups in total. The van der Waals surface area contributed by atoms with Gasteiger partial charge in [0.25, 0.3) is 5.91 Å². The summed E-state index contributed by atoms with van der Waals surface area (Å²) in [7, 11) is 0. The fraction of sp³-hybridized carbons (Fsp3) is 0.125. The van der Waals surface area contributed by atoms with Crippen molar-refractivity contribution in [2.75, 3.05) is 5.32 Å². The molecule has 0 aliphatic heterocycles. The molecule has 120 valence electrons. The van der Waals surface area contributed by atoms with Gasteiger partial charge in [0.05, 0.1) is 0 Å². The van der Waals surface area contributed by atoms with Crippen molar-refractivity contribution in [2.45, 2.75) is 17.3 Å². The summed E-state index contributed by atoms with van der Waals surface area (Å²) in [5, 5.41) is 2.61. The zero-order valence-corrected chi connectivity index (χ0v) is 12.8. The van der Waals surface area contributed by atoms with E-state index in [-0.39, 0.29) is 28.0 Å². The number of carbonyl (C=O) groups is 2. The standard InChI is InChI=1S/C16H12F3NO2S/c1-10(21)11-2-6-13(7-3-11)20-15(22)12-4-8-14(9-5-12)23-16(17,18)19/h2-9H,1H3,(H,20,22). The fourth-order valence-corrected chi connectivity index (χ4v) is 2.34. The lowest BCUT2D eigenvalue weighted by molar-refractivity contribution is -0.0328. The average molecular weight is 339 g/mol. The summed E-state index contributed by atoms with van der Waals surface area (Å²) in [5.41, 5.74) is -3.10. The highest BCUT2D eigenvalue weighted by molar-refractivity contribution is 8.00. The van der Waals surface area contributed by atoms with E-state index in [0.717, 1.165) is 0 Å². The zero-order chi connectivity index (χ0) is 17.0. The largest absolute Gasteiger partial charge is 0.446 e. The number of alkyl halides is 3. The molecule has 0 radical (unpaired) electrons. The SMILES string of the molecule is CC(=O)c1ccc(NC(=O)c2ccc(SC(F)(F)F)cc2)cc1. The normalized spacial score (nSPS) is 11.1. The Morgan fingerprint density at radius 3 is 1.91 bits per heavy atom. The van der Waals surface area contributed by atoms with Gasteiger partial charge in [-0.25, -0.2) is 0 Å². The third-order valence-corrected chi connectivity index (χ3v) is 3.64. The predicted octanol–water partition coefficient (Wildman–Crippen LogP) is 4.75. The van der Waals surface area contributed by atoms with Crippen LogP contribution in [0.25, 0.3) is 0 Å². The minimum Gasteiger partial charge on any atom is -0.322 e. The van der Waals surface area contributed by atoms with Gasteiger partial charge in [0.2, 0.25) is 0 Å². The van der Waals surface area contributed by atoms with Crippen molar-refractivity contribution in [3.63, 3.8) is 0 Å². The van der Waals surface area contributed by atoms with Crippen molar-refractivity contribution in [1.29, 1.82) is 0 Å². The number of rotatable bonds is 4. The quantitative estimate of drug-likeness (QED) is 0.646. The maximum absolute atomic E-state index is 12.2. The summed E-state index contributed by atoms with van der Waals surface area (Å²) in [4.78, 5) is 23.2. The van der Waals surface area contributed by atoms with Gasteiger partial charge in [-0.1, -0.05) is 0 Å². The molecule has 0 unspecified atom stereocenters. The number of Topliss-reactive ketones (excluding diaryl/α,β-unsaturated/α-hetero) is 1. The van der Waals surface area contributed by atoms with Crippen LogP contribution < -0.4 is 5.32 Å². The van der Waals surface area contributed by atoms with E-state index in [4.69, 9.17) is 0 Å². The van der Waals surface area contributed by atoms with E-state index < -0.39 is 11.4 Å². The molecule has 23 heavy (non-hydrogen) atoms. The molecule has 0 heterocycles. The Bertz CT molecular complexity index is 710. The van der Waals surface area contributed by atoms with Crippen molar-refractivity contribution in [3.8, 4) is 0 Å².